The maximum Gasteiger partial charge on any atom is 0.267 e. The van der Waals surface area contributed by atoms with Gasteiger partial charge in [-0.2, -0.15) is 8.42 Å². The van der Waals surface area contributed by atoms with Crippen LogP contribution in [0.15, 0.2) is 0 Å². The van der Waals surface area contributed by atoms with Gasteiger partial charge in [0.2, 0.25) is 0 Å². The van der Waals surface area contributed by atoms with Crippen LogP contribution in [0.5, 0.6) is 0 Å². The van der Waals surface area contributed by atoms with Crippen LogP contribution in [0, 0.1) is 0 Å². The standard InChI is InChI=1S/C21H44O4S/c1-3-5-7-9-10-11-12-16-20(22)17-14-15-19-21(26(23,24)25)18-13-8-6-4-2/h20-22H,3-19H2,1-2H3,(H,23,24,25). The Bertz CT molecular complexity index is 395. The Labute approximate surface area is 162 Å². The van der Waals surface area contributed by atoms with E-state index in [1.54, 1.807) is 0 Å². The van der Waals surface area contributed by atoms with Crippen LogP contribution >= 0.6 is 0 Å². The van der Waals surface area contributed by atoms with Crippen LogP contribution < -0.4 is 0 Å². The first kappa shape index (κ1) is 25.9. The molecule has 4 nitrogen and oxygen atoms in total. The van der Waals surface area contributed by atoms with Gasteiger partial charge in [-0.05, 0) is 25.7 Å². The average molecular weight is 393 g/mol. The monoisotopic (exact) mass is 392 g/mol. The quantitative estimate of drug-likeness (QED) is 0.200. The minimum absolute atomic E-state index is 0.264. The van der Waals surface area contributed by atoms with Gasteiger partial charge in [0.1, 0.15) is 0 Å². The van der Waals surface area contributed by atoms with Crippen LogP contribution in [0.3, 0.4) is 0 Å². The fraction of sp³-hybridized carbons (Fsp3) is 1.00. The van der Waals surface area contributed by atoms with Crippen molar-refractivity contribution in [1.82, 2.24) is 0 Å². The minimum Gasteiger partial charge on any atom is -0.393 e. The molecule has 0 fully saturated rings. The highest BCUT2D eigenvalue weighted by atomic mass is 32.2. The van der Waals surface area contributed by atoms with Crippen molar-refractivity contribution in [3.8, 4) is 0 Å². The molecule has 0 aromatic heterocycles. The van der Waals surface area contributed by atoms with Gasteiger partial charge in [-0.15, -0.1) is 0 Å². The summed E-state index contributed by atoms with van der Waals surface area (Å²) < 4.78 is 32.4. The van der Waals surface area contributed by atoms with Crippen molar-refractivity contribution in [1.29, 1.82) is 0 Å². The number of aliphatic hydroxyl groups is 1. The van der Waals surface area contributed by atoms with E-state index in [2.05, 4.69) is 13.8 Å². The van der Waals surface area contributed by atoms with Crippen molar-refractivity contribution < 1.29 is 18.1 Å². The Morgan fingerprint density at radius 2 is 0.962 bits per heavy atom. The van der Waals surface area contributed by atoms with E-state index in [0.717, 1.165) is 57.8 Å². The molecule has 5 heteroatoms. The number of hydrogen-bond acceptors (Lipinski definition) is 3. The maximum absolute atomic E-state index is 11.5. The molecule has 2 N–H and O–H groups in total. The van der Waals surface area contributed by atoms with Gasteiger partial charge in [0.05, 0.1) is 11.4 Å². The second kappa shape index (κ2) is 17.0. The van der Waals surface area contributed by atoms with Crippen molar-refractivity contribution in [2.45, 2.75) is 134 Å². The molecule has 0 bridgehead atoms. The highest BCUT2D eigenvalue weighted by Gasteiger charge is 2.21. The lowest BCUT2D eigenvalue weighted by Gasteiger charge is -2.15. The van der Waals surface area contributed by atoms with E-state index in [0.29, 0.717) is 12.8 Å². The third-order valence-corrected chi connectivity index (χ3v) is 6.57. The molecular weight excluding hydrogens is 348 g/mol. The van der Waals surface area contributed by atoms with Crippen LogP contribution in [0.2, 0.25) is 0 Å². The molecule has 2 unspecified atom stereocenters. The van der Waals surface area contributed by atoms with Crippen LogP contribution in [0.25, 0.3) is 0 Å². The van der Waals surface area contributed by atoms with Gasteiger partial charge in [0.15, 0.2) is 0 Å². The summed E-state index contributed by atoms with van der Waals surface area (Å²) in [6.45, 7) is 4.35. The second-order valence-electron chi connectivity index (χ2n) is 7.83. The average Bonchev–Trinajstić information content (AvgIpc) is 2.58. The normalized spacial score (nSPS) is 14.5. The molecule has 0 aliphatic rings. The zero-order valence-electron chi connectivity index (χ0n) is 17.3. The van der Waals surface area contributed by atoms with Crippen molar-refractivity contribution in [3.63, 3.8) is 0 Å². The molecule has 0 aromatic rings. The number of aliphatic hydroxyl groups excluding tert-OH is 1. The summed E-state index contributed by atoms with van der Waals surface area (Å²) in [6.07, 6.45) is 16.9. The summed E-state index contributed by atoms with van der Waals surface area (Å²) >= 11 is 0. The number of rotatable bonds is 19. The van der Waals surface area contributed by atoms with Gasteiger partial charge in [-0.25, -0.2) is 0 Å². The Morgan fingerprint density at radius 1 is 0.615 bits per heavy atom. The topological polar surface area (TPSA) is 74.6 Å². The molecular formula is C21H44O4S. The van der Waals surface area contributed by atoms with E-state index < -0.39 is 15.4 Å². The highest BCUT2D eigenvalue weighted by molar-refractivity contribution is 7.86. The Hall–Kier alpha value is -0.130. The molecule has 0 spiro atoms. The van der Waals surface area contributed by atoms with Gasteiger partial charge in [0, 0.05) is 0 Å². The van der Waals surface area contributed by atoms with Crippen molar-refractivity contribution in [3.05, 3.63) is 0 Å². The SMILES string of the molecule is CCCCCCCCCC(O)CCCCC(CCCCCC)S(=O)(=O)O. The lowest BCUT2D eigenvalue weighted by Crippen LogP contribution is -2.20. The van der Waals surface area contributed by atoms with Crippen LogP contribution in [-0.4, -0.2) is 29.4 Å². The highest BCUT2D eigenvalue weighted by Crippen LogP contribution is 2.19. The van der Waals surface area contributed by atoms with Crippen LogP contribution in [0.4, 0.5) is 0 Å². The van der Waals surface area contributed by atoms with E-state index >= 15 is 0 Å². The molecule has 0 saturated carbocycles. The zero-order chi connectivity index (χ0) is 19.7. The Balaban J connectivity index is 3.74. The molecule has 0 aliphatic carbocycles. The first-order chi connectivity index (χ1) is 12.4. The summed E-state index contributed by atoms with van der Waals surface area (Å²) in [5, 5.41) is 9.42. The molecule has 0 radical (unpaired) electrons. The van der Waals surface area contributed by atoms with Crippen LogP contribution in [-0.2, 0) is 10.1 Å². The van der Waals surface area contributed by atoms with Crippen LogP contribution in [0.1, 0.15) is 123 Å². The van der Waals surface area contributed by atoms with Crippen molar-refractivity contribution in [2.75, 3.05) is 0 Å². The molecule has 2 atom stereocenters. The summed E-state index contributed by atoms with van der Waals surface area (Å²) in [6, 6.07) is 0. The molecule has 0 aliphatic heterocycles. The maximum atomic E-state index is 11.5. The molecule has 0 heterocycles. The molecule has 0 amide bonds. The summed E-state index contributed by atoms with van der Waals surface area (Å²) in [4.78, 5) is 0. The predicted molar refractivity (Wildman–Crippen MR) is 111 cm³/mol. The fourth-order valence-electron chi connectivity index (χ4n) is 3.47. The molecule has 0 rings (SSSR count). The molecule has 0 aromatic carbocycles. The van der Waals surface area contributed by atoms with E-state index in [9.17, 15) is 18.1 Å². The first-order valence-corrected chi connectivity index (χ1v) is 12.6. The van der Waals surface area contributed by atoms with Gasteiger partial charge in [-0.3, -0.25) is 4.55 Å². The first-order valence-electron chi connectivity index (χ1n) is 11.1. The van der Waals surface area contributed by atoms with E-state index in [-0.39, 0.29) is 6.10 Å². The fourth-order valence-corrected chi connectivity index (χ4v) is 4.40. The zero-order valence-corrected chi connectivity index (χ0v) is 18.1. The van der Waals surface area contributed by atoms with Gasteiger partial charge < -0.3 is 5.11 Å². The van der Waals surface area contributed by atoms with E-state index in [4.69, 9.17) is 0 Å². The third-order valence-electron chi connectivity index (χ3n) is 5.26. The lowest BCUT2D eigenvalue weighted by atomic mass is 10.0. The Kier molecular flexibility index (Phi) is 16.9. The van der Waals surface area contributed by atoms with Gasteiger partial charge >= 0.3 is 0 Å². The second-order valence-corrected chi connectivity index (χ2v) is 9.53. The summed E-state index contributed by atoms with van der Waals surface area (Å²) in [7, 11) is -3.94. The van der Waals surface area contributed by atoms with E-state index in [1.165, 1.54) is 38.5 Å². The third kappa shape index (κ3) is 16.1. The smallest absolute Gasteiger partial charge is 0.267 e. The molecule has 158 valence electrons. The number of unbranched alkanes of at least 4 members (excludes halogenated alkanes) is 10. The van der Waals surface area contributed by atoms with Crippen molar-refractivity contribution in [2.24, 2.45) is 0 Å². The van der Waals surface area contributed by atoms with E-state index in [1.807, 2.05) is 0 Å². The lowest BCUT2D eigenvalue weighted by molar-refractivity contribution is 0.147. The largest absolute Gasteiger partial charge is 0.393 e. The molecule has 26 heavy (non-hydrogen) atoms. The Morgan fingerprint density at radius 3 is 1.46 bits per heavy atom. The summed E-state index contributed by atoms with van der Waals surface area (Å²) in [5.41, 5.74) is 0. The number of hydrogen-bond donors (Lipinski definition) is 2. The predicted octanol–water partition coefficient (Wildman–Crippen LogP) is 6.28. The summed E-state index contributed by atoms with van der Waals surface area (Å²) in [5.74, 6) is 0. The van der Waals surface area contributed by atoms with Gasteiger partial charge in [0.25, 0.3) is 10.1 Å². The molecule has 0 saturated heterocycles. The van der Waals surface area contributed by atoms with Gasteiger partial charge in [-0.1, -0.05) is 97.3 Å². The minimum atomic E-state index is -3.94. The van der Waals surface area contributed by atoms with Crippen molar-refractivity contribution >= 4 is 10.1 Å².